The predicted octanol–water partition coefficient (Wildman–Crippen LogP) is 7.26. The average molecular weight is 333 g/mol. The minimum absolute atomic E-state index is 0.897. The maximum atomic E-state index is 5.47. The smallest absolute Gasteiger partial charge is 0.0243 e. The van der Waals surface area contributed by atoms with Crippen LogP contribution < -0.4 is 0 Å². The van der Waals surface area contributed by atoms with Gasteiger partial charge in [0, 0.05) is 5.56 Å². The van der Waals surface area contributed by atoms with Gasteiger partial charge in [-0.1, -0.05) is 94.7 Å². The lowest BCUT2D eigenvalue weighted by molar-refractivity contribution is 0.405. The van der Waals surface area contributed by atoms with Crippen molar-refractivity contribution in [1.29, 1.82) is 0 Å². The molecule has 2 aromatic carbocycles. The van der Waals surface area contributed by atoms with Crippen LogP contribution in [0, 0.1) is 18.3 Å². The van der Waals surface area contributed by atoms with E-state index in [1.54, 1.807) is 0 Å². The van der Waals surface area contributed by atoms with Gasteiger partial charge in [0.15, 0.2) is 0 Å². The highest BCUT2D eigenvalue weighted by Gasteiger charge is 2.08. The third kappa shape index (κ3) is 6.09. The van der Waals surface area contributed by atoms with Crippen LogP contribution in [-0.4, -0.2) is 0 Å². The van der Waals surface area contributed by atoms with Crippen molar-refractivity contribution >= 4 is 0 Å². The van der Waals surface area contributed by atoms with Crippen molar-refractivity contribution in [2.24, 2.45) is 5.92 Å². The van der Waals surface area contributed by atoms with Crippen LogP contribution in [0.5, 0.6) is 0 Å². The molecule has 0 fully saturated rings. The molecule has 0 aliphatic carbocycles. The Hall–Kier alpha value is -2.00. The second-order valence-corrected chi connectivity index (χ2v) is 7.04. The summed E-state index contributed by atoms with van der Waals surface area (Å²) in [5.41, 5.74) is 5.02. The van der Waals surface area contributed by atoms with Gasteiger partial charge in [0.25, 0.3) is 0 Å². The molecule has 1 atom stereocenters. The van der Waals surface area contributed by atoms with Gasteiger partial charge in [-0.15, -0.1) is 6.42 Å². The molecule has 0 heterocycles. The predicted molar refractivity (Wildman–Crippen MR) is 111 cm³/mol. The largest absolute Gasteiger partial charge is 0.115 e. The first kappa shape index (κ1) is 19.3. The maximum Gasteiger partial charge on any atom is 0.0243 e. The lowest BCUT2D eigenvalue weighted by Crippen LogP contribution is -2.00. The average Bonchev–Trinajstić information content (AvgIpc) is 2.67. The molecule has 0 heteroatoms. The summed E-state index contributed by atoms with van der Waals surface area (Å²) in [7, 11) is 0. The molecule has 0 N–H and O–H groups in total. The Morgan fingerprint density at radius 1 is 0.880 bits per heavy atom. The fourth-order valence-corrected chi connectivity index (χ4v) is 3.58. The van der Waals surface area contributed by atoms with Crippen LogP contribution in [0.1, 0.15) is 69.9 Å². The van der Waals surface area contributed by atoms with E-state index in [0.29, 0.717) is 0 Å². The number of rotatable bonds is 10. The number of benzene rings is 2. The fraction of sp³-hybridized carbons (Fsp3) is 0.440. The molecule has 0 saturated carbocycles. The van der Waals surface area contributed by atoms with Gasteiger partial charge in [0.1, 0.15) is 0 Å². The van der Waals surface area contributed by atoms with E-state index >= 15 is 0 Å². The van der Waals surface area contributed by atoms with Crippen molar-refractivity contribution in [3.05, 3.63) is 59.7 Å². The van der Waals surface area contributed by atoms with E-state index in [4.69, 9.17) is 6.42 Å². The van der Waals surface area contributed by atoms with Gasteiger partial charge >= 0.3 is 0 Å². The van der Waals surface area contributed by atoms with Crippen molar-refractivity contribution in [2.45, 2.75) is 65.2 Å². The number of unbranched alkanes of at least 4 members (excludes halogenated alkanes) is 2. The van der Waals surface area contributed by atoms with E-state index in [9.17, 15) is 0 Å². The molecule has 0 saturated heterocycles. The molecular weight excluding hydrogens is 300 g/mol. The lowest BCUT2D eigenvalue weighted by atomic mass is 9.90. The van der Waals surface area contributed by atoms with Crippen molar-refractivity contribution in [2.75, 3.05) is 0 Å². The maximum absolute atomic E-state index is 5.47. The molecule has 2 aromatic rings. The molecule has 0 bridgehead atoms. The summed E-state index contributed by atoms with van der Waals surface area (Å²) in [4.78, 5) is 0. The molecule has 0 radical (unpaired) electrons. The standard InChI is InChI=1S/C25H32/c1-4-7-8-12-21(5-2)13-11-15-23-14-9-10-16-25(23)24-19-17-22(6-3)18-20-24/h3,9-10,14,16-21H,4-5,7-8,11-13,15H2,1-2H3. The Labute approximate surface area is 154 Å². The number of hydrogen-bond donors (Lipinski definition) is 0. The van der Waals surface area contributed by atoms with Gasteiger partial charge in [0.05, 0.1) is 0 Å². The van der Waals surface area contributed by atoms with Crippen molar-refractivity contribution in [1.82, 2.24) is 0 Å². The molecule has 25 heavy (non-hydrogen) atoms. The van der Waals surface area contributed by atoms with Crippen molar-refractivity contribution in [3.63, 3.8) is 0 Å². The molecule has 0 aliphatic rings. The number of hydrogen-bond acceptors (Lipinski definition) is 0. The van der Waals surface area contributed by atoms with Gasteiger partial charge in [-0.25, -0.2) is 0 Å². The Morgan fingerprint density at radius 2 is 1.60 bits per heavy atom. The molecule has 2 rings (SSSR count). The van der Waals surface area contributed by atoms with E-state index in [0.717, 1.165) is 17.9 Å². The third-order valence-electron chi connectivity index (χ3n) is 5.23. The van der Waals surface area contributed by atoms with Crippen LogP contribution in [0.4, 0.5) is 0 Å². The van der Waals surface area contributed by atoms with Crippen LogP contribution in [0.15, 0.2) is 48.5 Å². The first-order chi connectivity index (χ1) is 12.3. The molecule has 1 unspecified atom stereocenters. The molecule has 0 nitrogen and oxygen atoms in total. The molecule has 0 amide bonds. The second kappa shape index (κ2) is 10.8. The van der Waals surface area contributed by atoms with Crippen molar-refractivity contribution in [3.8, 4) is 23.5 Å². The van der Waals surface area contributed by atoms with Gasteiger partial charge < -0.3 is 0 Å². The van der Waals surface area contributed by atoms with Crippen LogP contribution >= 0.6 is 0 Å². The van der Waals surface area contributed by atoms with E-state index < -0.39 is 0 Å². The first-order valence-electron chi connectivity index (χ1n) is 9.93. The molecule has 0 aromatic heterocycles. The highest BCUT2D eigenvalue weighted by molar-refractivity contribution is 5.68. The molecular formula is C25H32. The normalized spacial score (nSPS) is 11.9. The van der Waals surface area contributed by atoms with Crippen LogP contribution in [0.25, 0.3) is 11.1 Å². The molecule has 132 valence electrons. The Kier molecular flexibility index (Phi) is 8.33. The van der Waals surface area contributed by atoms with Gasteiger partial charge in [-0.3, -0.25) is 0 Å². The minimum atomic E-state index is 0.897. The summed E-state index contributed by atoms with van der Waals surface area (Å²) in [6, 6.07) is 17.2. The Balaban J connectivity index is 1.97. The topological polar surface area (TPSA) is 0 Å². The van der Waals surface area contributed by atoms with Gasteiger partial charge in [0.2, 0.25) is 0 Å². The van der Waals surface area contributed by atoms with E-state index in [2.05, 4.69) is 56.2 Å². The van der Waals surface area contributed by atoms with E-state index in [-0.39, 0.29) is 0 Å². The van der Waals surface area contributed by atoms with Gasteiger partial charge in [-0.2, -0.15) is 0 Å². The number of aryl methyl sites for hydroxylation is 1. The van der Waals surface area contributed by atoms with E-state index in [1.165, 1.54) is 61.6 Å². The summed E-state index contributed by atoms with van der Waals surface area (Å²) in [5, 5.41) is 0. The van der Waals surface area contributed by atoms with Crippen molar-refractivity contribution < 1.29 is 0 Å². The number of terminal acetylenes is 1. The summed E-state index contributed by atoms with van der Waals surface area (Å²) in [6.07, 6.45) is 16.1. The summed E-state index contributed by atoms with van der Waals surface area (Å²) < 4.78 is 0. The zero-order chi connectivity index (χ0) is 17.9. The molecule has 0 spiro atoms. The summed E-state index contributed by atoms with van der Waals surface area (Å²) >= 11 is 0. The molecule has 0 aliphatic heterocycles. The quantitative estimate of drug-likeness (QED) is 0.317. The van der Waals surface area contributed by atoms with Crippen LogP contribution in [-0.2, 0) is 6.42 Å². The lowest BCUT2D eigenvalue weighted by Gasteiger charge is -2.15. The first-order valence-corrected chi connectivity index (χ1v) is 9.93. The van der Waals surface area contributed by atoms with Gasteiger partial charge in [-0.05, 0) is 47.6 Å². The third-order valence-corrected chi connectivity index (χ3v) is 5.23. The second-order valence-electron chi connectivity index (χ2n) is 7.04. The van der Waals surface area contributed by atoms with Crippen LogP contribution in [0.3, 0.4) is 0 Å². The minimum Gasteiger partial charge on any atom is -0.115 e. The summed E-state index contributed by atoms with van der Waals surface area (Å²) in [6.45, 7) is 4.63. The SMILES string of the molecule is C#Cc1ccc(-c2ccccc2CCCC(CC)CCCCC)cc1. The Bertz CT molecular complexity index is 657. The fourth-order valence-electron chi connectivity index (χ4n) is 3.58. The van der Waals surface area contributed by atoms with Crippen LogP contribution in [0.2, 0.25) is 0 Å². The summed E-state index contributed by atoms with van der Waals surface area (Å²) in [5.74, 6) is 3.59. The zero-order valence-electron chi connectivity index (χ0n) is 15.9. The Morgan fingerprint density at radius 3 is 2.28 bits per heavy atom. The monoisotopic (exact) mass is 332 g/mol. The zero-order valence-corrected chi connectivity index (χ0v) is 15.9. The van der Waals surface area contributed by atoms with E-state index in [1.807, 2.05) is 12.1 Å². The highest BCUT2D eigenvalue weighted by Crippen LogP contribution is 2.27. The highest BCUT2D eigenvalue weighted by atomic mass is 14.1.